The Bertz CT molecular complexity index is 980. The van der Waals surface area contributed by atoms with Gasteiger partial charge in [0.2, 0.25) is 0 Å². The number of nitrogens with zero attached hydrogens (tertiary/aromatic N) is 3. The van der Waals surface area contributed by atoms with Gasteiger partial charge in [-0.3, -0.25) is 4.79 Å². The summed E-state index contributed by atoms with van der Waals surface area (Å²) in [5.41, 5.74) is 0.485. The Kier molecular flexibility index (Phi) is 4.86. The van der Waals surface area contributed by atoms with Gasteiger partial charge >= 0.3 is 0 Å². The van der Waals surface area contributed by atoms with Gasteiger partial charge in [-0.25, -0.2) is 4.68 Å². The summed E-state index contributed by atoms with van der Waals surface area (Å²) >= 11 is 6.31. The van der Waals surface area contributed by atoms with Gasteiger partial charge < -0.3 is 0 Å². The fraction of sp³-hybridized carbons (Fsp3) is 0.815. The van der Waals surface area contributed by atoms with Gasteiger partial charge in [0.05, 0.1) is 6.20 Å². The second-order valence-corrected chi connectivity index (χ2v) is 12.8. The lowest BCUT2D eigenvalue weighted by atomic mass is 9.47. The molecule has 0 aromatic carbocycles. The van der Waals surface area contributed by atoms with Crippen molar-refractivity contribution in [2.75, 3.05) is 0 Å². The molecule has 32 heavy (non-hydrogen) atoms. The van der Waals surface area contributed by atoms with Gasteiger partial charge in [-0.1, -0.05) is 38.8 Å². The van der Waals surface area contributed by atoms with E-state index >= 15 is 0 Å². The topological polar surface area (TPSA) is 58.7 Å². The van der Waals surface area contributed by atoms with Gasteiger partial charge in [-0.15, -0.1) is 0 Å². The predicted molar refractivity (Wildman–Crippen MR) is 124 cm³/mol. The van der Waals surface area contributed by atoms with Crippen LogP contribution in [0.3, 0.4) is 0 Å². The summed E-state index contributed by atoms with van der Waals surface area (Å²) in [5.74, 6) is 7.66. The van der Waals surface area contributed by atoms with Crippen LogP contribution in [0.1, 0.15) is 71.3 Å². The van der Waals surface area contributed by atoms with E-state index in [1.165, 1.54) is 51.1 Å². The number of fused-ring (bicyclic) bond motifs is 7. The van der Waals surface area contributed by atoms with Crippen molar-refractivity contribution < 1.29 is 4.79 Å². The van der Waals surface area contributed by atoms with Crippen LogP contribution in [0.5, 0.6) is 0 Å². The van der Waals surface area contributed by atoms with E-state index in [2.05, 4.69) is 31.9 Å². The molecule has 5 aliphatic carbocycles. The van der Waals surface area contributed by atoms with Crippen molar-refractivity contribution in [2.45, 2.75) is 72.3 Å². The number of carbonyl (C=O) groups is 1. The summed E-state index contributed by atoms with van der Waals surface area (Å²) < 4.78 is 1.54. The van der Waals surface area contributed by atoms with Gasteiger partial charge in [-0.05, 0) is 97.2 Å². The van der Waals surface area contributed by atoms with Crippen molar-refractivity contribution in [3.63, 3.8) is 0 Å². The van der Waals surface area contributed by atoms with Crippen molar-refractivity contribution >= 4 is 17.4 Å². The Morgan fingerprint density at radius 1 is 1.19 bits per heavy atom. The second kappa shape index (κ2) is 7.33. The molecule has 0 radical (unpaired) electrons. The molecular weight excluding hydrogens is 418 g/mol. The maximum atomic E-state index is 13.7. The molecule has 5 aliphatic rings. The highest BCUT2D eigenvalue weighted by molar-refractivity contribution is 6.30. The van der Waals surface area contributed by atoms with Gasteiger partial charge in [-0.2, -0.15) is 10.4 Å². The van der Waals surface area contributed by atoms with Crippen LogP contribution in [-0.4, -0.2) is 15.6 Å². The van der Waals surface area contributed by atoms with Crippen LogP contribution in [0.4, 0.5) is 0 Å². The van der Waals surface area contributed by atoms with E-state index in [-0.39, 0.29) is 17.9 Å². The van der Waals surface area contributed by atoms with Crippen LogP contribution in [0.15, 0.2) is 6.20 Å². The standard InChI is InChI=1S/C27H36ClN3O/c1-14-4-6-18-16(10-14)5-7-20-19(18)8-9-27(3)24(20)22-15(2)23(22)25(27)21(32)13-31-26(28)17(11-29)12-30-31/h12,14-16,18-20,22-25H,4-10,13H2,1-3H3/t14-,15-,16+,18-,19?,20+,22+,23-,24?,25-,27-/m0/s1. The third kappa shape index (κ3) is 2.85. The first-order valence-electron chi connectivity index (χ1n) is 13.0. The minimum Gasteiger partial charge on any atom is -0.297 e. The van der Waals surface area contributed by atoms with Crippen LogP contribution in [0, 0.1) is 75.9 Å². The van der Waals surface area contributed by atoms with Crippen LogP contribution >= 0.6 is 11.6 Å². The Labute approximate surface area is 197 Å². The molecular formula is C27H36ClN3O. The van der Waals surface area contributed by atoms with E-state index in [9.17, 15) is 10.1 Å². The molecule has 11 atom stereocenters. The first-order chi connectivity index (χ1) is 15.3. The summed E-state index contributed by atoms with van der Waals surface area (Å²) in [6.07, 6.45) is 11.2. The van der Waals surface area contributed by atoms with Gasteiger partial charge in [0, 0.05) is 5.92 Å². The number of carbonyl (C=O) groups excluding carboxylic acids is 1. The molecule has 5 fully saturated rings. The van der Waals surface area contributed by atoms with E-state index in [1.807, 2.05) is 0 Å². The molecule has 1 heterocycles. The Hall–Kier alpha value is -1.34. The minimum atomic E-state index is 0.128. The number of halogens is 1. The molecule has 6 rings (SSSR count). The zero-order valence-electron chi connectivity index (χ0n) is 19.6. The highest BCUT2D eigenvalue weighted by Gasteiger charge is 2.73. The van der Waals surface area contributed by atoms with Crippen LogP contribution in [0.2, 0.25) is 5.15 Å². The number of hydrogen-bond donors (Lipinski definition) is 0. The Morgan fingerprint density at radius 3 is 2.72 bits per heavy atom. The fourth-order valence-electron chi connectivity index (χ4n) is 9.89. The molecule has 0 amide bonds. The smallest absolute Gasteiger partial charge is 0.158 e. The summed E-state index contributed by atoms with van der Waals surface area (Å²) in [6.45, 7) is 7.51. The third-order valence-electron chi connectivity index (χ3n) is 11.1. The largest absolute Gasteiger partial charge is 0.297 e. The number of aromatic nitrogens is 2. The maximum Gasteiger partial charge on any atom is 0.158 e. The van der Waals surface area contributed by atoms with E-state index in [1.54, 1.807) is 4.68 Å². The number of nitriles is 1. The minimum absolute atomic E-state index is 0.128. The lowest BCUT2D eigenvalue weighted by molar-refractivity contribution is -0.135. The summed E-state index contributed by atoms with van der Waals surface area (Å²) in [5, 5.41) is 13.7. The second-order valence-electron chi connectivity index (χ2n) is 12.4. The van der Waals surface area contributed by atoms with E-state index < -0.39 is 0 Å². The van der Waals surface area contributed by atoms with Gasteiger partial charge in [0.1, 0.15) is 23.3 Å². The molecule has 0 saturated heterocycles. The van der Waals surface area contributed by atoms with Crippen LogP contribution < -0.4 is 0 Å². The lowest BCUT2D eigenvalue weighted by Crippen LogP contribution is -2.51. The van der Waals surface area contributed by atoms with Crippen molar-refractivity contribution in [3.05, 3.63) is 16.9 Å². The quantitative estimate of drug-likeness (QED) is 0.565. The molecule has 1 aromatic heterocycles. The number of ketones is 1. The van der Waals surface area contributed by atoms with Crippen molar-refractivity contribution in [1.29, 1.82) is 5.26 Å². The molecule has 1 aromatic rings. The zero-order chi connectivity index (χ0) is 22.4. The maximum absolute atomic E-state index is 13.7. The molecule has 5 heteroatoms. The van der Waals surface area contributed by atoms with Gasteiger partial charge in [0.25, 0.3) is 0 Å². The van der Waals surface area contributed by atoms with Crippen LogP contribution in [0.25, 0.3) is 0 Å². The highest BCUT2D eigenvalue weighted by Crippen LogP contribution is 2.76. The summed E-state index contributed by atoms with van der Waals surface area (Å²) in [6, 6.07) is 2.07. The molecule has 0 N–H and O–H groups in total. The zero-order valence-corrected chi connectivity index (χ0v) is 20.4. The first-order valence-corrected chi connectivity index (χ1v) is 13.4. The van der Waals surface area contributed by atoms with Crippen LogP contribution in [-0.2, 0) is 11.3 Å². The Balaban J connectivity index is 1.26. The predicted octanol–water partition coefficient (Wildman–Crippen LogP) is 5.98. The molecule has 2 unspecified atom stereocenters. The molecule has 5 saturated carbocycles. The van der Waals surface area contributed by atoms with E-state index in [0.29, 0.717) is 28.3 Å². The average molecular weight is 454 g/mol. The van der Waals surface area contributed by atoms with Crippen molar-refractivity contribution in [3.8, 4) is 6.07 Å². The number of rotatable bonds is 3. The van der Waals surface area contributed by atoms with E-state index in [4.69, 9.17) is 11.6 Å². The highest BCUT2D eigenvalue weighted by atomic mass is 35.5. The summed E-state index contributed by atoms with van der Waals surface area (Å²) in [7, 11) is 0. The van der Waals surface area contributed by atoms with E-state index in [0.717, 1.165) is 41.4 Å². The lowest BCUT2D eigenvalue weighted by Gasteiger charge is -2.57. The Morgan fingerprint density at radius 2 is 1.97 bits per heavy atom. The monoisotopic (exact) mass is 453 g/mol. The normalized spacial score (nSPS) is 48.7. The number of hydrogen-bond acceptors (Lipinski definition) is 3. The molecule has 172 valence electrons. The van der Waals surface area contributed by atoms with Gasteiger partial charge in [0.15, 0.2) is 5.78 Å². The first kappa shape index (κ1) is 21.2. The SMILES string of the molecule is C[C@H]1CC[C@@H]2C3CC[C@@]4(C)C([C@@H]3CC[C@@H]2C1)[C@@H]1[C@H](C)[C@@H]1[C@@H]4C(=O)Cn1ncc(C#N)c1Cl. The molecule has 4 nitrogen and oxygen atoms in total. The molecule has 0 aliphatic heterocycles. The van der Waals surface area contributed by atoms with Crippen molar-refractivity contribution in [1.82, 2.24) is 9.78 Å². The van der Waals surface area contributed by atoms with Crippen molar-refractivity contribution in [2.24, 2.45) is 64.6 Å². The molecule has 0 spiro atoms. The average Bonchev–Trinajstić information content (AvgIpc) is 3.12. The fourth-order valence-corrected chi connectivity index (χ4v) is 10.1. The number of Topliss-reactive ketones (excluding diaryl/α,β-unsaturated/α-hetero) is 1. The summed E-state index contributed by atoms with van der Waals surface area (Å²) in [4.78, 5) is 13.7. The molecule has 0 bridgehead atoms. The third-order valence-corrected chi connectivity index (χ3v) is 11.5.